The minimum absolute atomic E-state index is 0.789. The molecule has 2 rings (SSSR count). The minimum Gasteiger partial charge on any atom is -0.330 e. The van der Waals surface area contributed by atoms with Gasteiger partial charge < -0.3 is 10.6 Å². The third kappa shape index (κ3) is 3.94. The van der Waals surface area contributed by atoms with Crippen LogP contribution >= 0.6 is 0 Å². The Hall–Kier alpha value is -0.120. The summed E-state index contributed by atoms with van der Waals surface area (Å²) in [6.45, 7) is 11.9. The van der Waals surface area contributed by atoms with E-state index in [0.717, 1.165) is 24.4 Å². The molecule has 0 spiro atoms. The van der Waals surface area contributed by atoms with Gasteiger partial charge in [0.1, 0.15) is 0 Å². The predicted molar refractivity (Wildman–Crippen MR) is 77.7 cm³/mol. The normalized spacial score (nSPS) is 32.0. The van der Waals surface area contributed by atoms with E-state index < -0.39 is 0 Å². The van der Waals surface area contributed by atoms with Crippen molar-refractivity contribution in [2.75, 3.05) is 39.3 Å². The molecule has 2 N–H and O–H groups in total. The second-order valence-electron chi connectivity index (χ2n) is 6.65. The van der Waals surface area contributed by atoms with Crippen LogP contribution in [0.3, 0.4) is 0 Å². The molecule has 3 nitrogen and oxygen atoms in total. The summed E-state index contributed by atoms with van der Waals surface area (Å²) in [4.78, 5) is 5.36. The molecule has 0 aromatic carbocycles. The van der Waals surface area contributed by atoms with Gasteiger partial charge in [0.25, 0.3) is 0 Å². The van der Waals surface area contributed by atoms with Crippen molar-refractivity contribution in [2.24, 2.45) is 17.6 Å². The highest BCUT2D eigenvalue weighted by Gasteiger charge is 2.28. The number of piperazine rings is 1. The predicted octanol–water partition coefficient (Wildman–Crippen LogP) is 1.78. The fourth-order valence-corrected chi connectivity index (χ4v) is 3.64. The van der Waals surface area contributed by atoms with Crippen LogP contribution in [0.5, 0.6) is 0 Å². The van der Waals surface area contributed by atoms with Gasteiger partial charge in [0.15, 0.2) is 0 Å². The first kappa shape index (κ1) is 14.3. The molecule has 1 saturated heterocycles. The Balaban J connectivity index is 1.75. The summed E-state index contributed by atoms with van der Waals surface area (Å²) in [5.74, 6) is 1.59. The van der Waals surface area contributed by atoms with E-state index >= 15 is 0 Å². The smallest absolute Gasteiger partial charge is 0.0113 e. The molecule has 2 atom stereocenters. The molecule has 1 saturated carbocycles. The van der Waals surface area contributed by atoms with Crippen molar-refractivity contribution in [1.82, 2.24) is 9.80 Å². The standard InChI is InChI=1S/C15H31N3/c1-13(2)12-17-6-8-18(9-7-17)15-5-3-4-14(10-15)11-16/h13-15H,3-12,16H2,1-2H3. The van der Waals surface area contributed by atoms with E-state index in [0.29, 0.717) is 0 Å². The molecule has 18 heavy (non-hydrogen) atoms. The van der Waals surface area contributed by atoms with Gasteiger partial charge >= 0.3 is 0 Å². The molecule has 0 amide bonds. The van der Waals surface area contributed by atoms with Gasteiger partial charge in [0.2, 0.25) is 0 Å². The number of nitrogens with zero attached hydrogens (tertiary/aromatic N) is 2. The summed E-state index contributed by atoms with van der Waals surface area (Å²) in [7, 11) is 0. The molecular weight excluding hydrogens is 222 g/mol. The first-order chi connectivity index (χ1) is 8.69. The van der Waals surface area contributed by atoms with Crippen LogP contribution in [0.15, 0.2) is 0 Å². The van der Waals surface area contributed by atoms with Crippen molar-refractivity contribution in [1.29, 1.82) is 0 Å². The third-order valence-corrected chi connectivity index (χ3v) is 4.64. The Kier molecular flexibility index (Phi) is 5.46. The van der Waals surface area contributed by atoms with E-state index in [1.165, 1.54) is 58.4 Å². The molecular formula is C15H31N3. The summed E-state index contributed by atoms with van der Waals surface area (Å²) in [6.07, 6.45) is 5.50. The Labute approximate surface area is 113 Å². The number of rotatable bonds is 4. The fraction of sp³-hybridized carbons (Fsp3) is 1.00. The molecule has 0 radical (unpaired) electrons. The molecule has 3 heteroatoms. The second-order valence-corrected chi connectivity index (χ2v) is 6.65. The second kappa shape index (κ2) is 6.88. The van der Waals surface area contributed by atoms with Gasteiger partial charge in [-0.2, -0.15) is 0 Å². The van der Waals surface area contributed by atoms with Gasteiger partial charge in [-0.05, 0) is 37.6 Å². The number of nitrogens with two attached hydrogens (primary N) is 1. The molecule has 0 aromatic heterocycles. The van der Waals surface area contributed by atoms with Gasteiger partial charge in [-0.3, -0.25) is 4.90 Å². The lowest BCUT2D eigenvalue weighted by atomic mass is 9.85. The Bertz CT molecular complexity index is 234. The van der Waals surface area contributed by atoms with E-state index in [9.17, 15) is 0 Å². The molecule has 106 valence electrons. The molecule has 0 aromatic rings. The van der Waals surface area contributed by atoms with Crippen molar-refractivity contribution in [2.45, 2.75) is 45.6 Å². The maximum Gasteiger partial charge on any atom is 0.0113 e. The highest BCUT2D eigenvalue weighted by atomic mass is 15.3. The van der Waals surface area contributed by atoms with E-state index in [1.54, 1.807) is 0 Å². The van der Waals surface area contributed by atoms with Crippen LogP contribution in [-0.2, 0) is 0 Å². The fourth-order valence-electron chi connectivity index (χ4n) is 3.64. The van der Waals surface area contributed by atoms with Crippen LogP contribution in [0, 0.1) is 11.8 Å². The van der Waals surface area contributed by atoms with Crippen molar-refractivity contribution in [3.05, 3.63) is 0 Å². The summed E-state index contributed by atoms with van der Waals surface area (Å²) in [5.41, 5.74) is 5.85. The zero-order chi connectivity index (χ0) is 13.0. The van der Waals surface area contributed by atoms with Crippen LogP contribution in [0.25, 0.3) is 0 Å². The molecule has 1 heterocycles. The van der Waals surface area contributed by atoms with Crippen molar-refractivity contribution in [3.8, 4) is 0 Å². The van der Waals surface area contributed by atoms with Crippen molar-refractivity contribution < 1.29 is 0 Å². The zero-order valence-corrected chi connectivity index (χ0v) is 12.3. The maximum atomic E-state index is 5.85. The van der Waals surface area contributed by atoms with Gasteiger partial charge in [-0.25, -0.2) is 0 Å². The van der Waals surface area contributed by atoms with E-state index in [1.807, 2.05) is 0 Å². The Morgan fingerprint density at radius 1 is 1.11 bits per heavy atom. The van der Waals surface area contributed by atoms with E-state index in [4.69, 9.17) is 5.73 Å². The van der Waals surface area contributed by atoms with Gasteiger partial charge in [0, 0.05) is 38.8 Å². The zero-order valence-electron chi connectivity index (χ0n) is 12.3. The summed E-state index contributed by atoms with van der Waals surface area (Å²) in [6, 6.07) is 0.827. The first-order valence-corrected chi connectivity index (χ1v) is 7.85. The van der Waals surface area contributed by atoms with Gasteiger partial charge in [0.05, 0.1) is 0 Å². The molecule has 2 unspecified atom stereocenters. The Morgan fingerprint density at radius 2 is 1.83 bits per heavy atom. The van der Waals surface area contributed by atoms with E-state index in [-0.39, 0.29) is 0 Å². The van der Waals surface area contributed by atoms with Crippen LogP contribution in [0.2, 0.25) is 0 Å². The quantitative estimate of drug-likeness (QED) is 0.829. The first-order valence-electron chi connectivity index (χ1n) is 7.85. The molecule has 2 fully saturated rings. The van der Waals surface area contributed by atoms with Crippen LogP contribution < -0.4 is 5.73 Å². The number of hydrogen-bond donors (Lipinski definition) is 1. The monoisotopic (exact) mass is 253 g/mol. The largest absolute Gasteiger partial charge is 0.330 e. The lowest BCUT2D eigenvalue weighted by molar-refractivity contribution is 0.0632. The molecule has 1 aliphatic carbocycles. The topological polar surface area (TPSA) is 32.5 Å². The SMILES string of the molecule is CC(C)CN1CCN(C2CCCC(CN)C2)CC1. The van der Waals surface area contributed by atoms with Crippen LogP contribution in [0.1, 0.15) is 39.5 Å². The van der Waals surface area contributed by atoms with Crippen molar-refractivity contribution >= 4 is 0 Å². The van der Waals surface area contributed by atoms with Gasteiger partial charge in [-0.15, -0.1) is 0 Å². The van der Waals surface area contributed by atoms with Crippen molar-refractivity contribution in [3.63, 3.8) is 0 Å². The van der Waals surface area contributed by atoms with E-state index in [2.05, 4.69) is 23.6 Å². The summed E-state index contributed by atoms with van der Waals surface area (Å²) >= 11 is 0. The third-order valence-electron chi connectivity index (χ3n) is 4.64. The van der Waals surface area contributed by atoms with Gasteiger partial charge in [-0.1, -0.05) is 20.3 Å². The lowest BCUT2D eigenvalue weighted by Crippen LogP contribution is -2.52. The molecule has 2 aliphatic rings. The highest BCUT2D eigenvalue weighted by Crippen LogP contribution is 2.27. The van der Waals surface area contributed by atoms with Crippen LogP contribution in [-0.4, -0.2) is 55.1 Å². The average Bonchev–Trinajstić information content (AvgIpc) is 2.39. The number of hydrogen-bond acceptors (Lipinski definition) is 3. The maximum absolute atomic E-state index is 5.85. The minimum atomic E-state index is 0.789. The summed E-state index contributed by atoms with van der Waals surface area (Å²) in [5, 5.41) is 0. The molecule has 1 aliphatic heterocycles. The van der Waals surface area contributed by atoms with Crippen LogP contribution in [0.4, 0.5) is 0 Å². The lowest BCUT2D eigenvalue weighted by Gasteiger charge is -2.42. The average molecular weight is 253 g/mol. The Morgan fingerprint density at radius 3 is 2.44 bits per heavy atom. The summed E-state index contributed by atoms with van der Waals surface area (Å²) < 4.78 is 0. The molecule has 0 bridgehead atoms. The highest BCUT2D eigenvalue weighted by molar-refractivity contribution is 4.84.